The molecule has 1 amide bonds. The van der Waals surface area contributed by atoms with Gasteiger partial charge >= 0.3 is 0 Å². The van der Waals surface area contributed by atoms with E-state index in [1.165, 1.54) is 18.1 Å². The van der Waals surface area contributed by atoms with Crippen molar-refractivity contribution in [3.8, 4) is 22.8 Å². The van der Waals surface area contributed by atoms with Crippen molar-refractivity contribution in [2.24, 2.45) is 0 Å². The van der Waals surface area contributed by atoms with Crippen molar-refractivity contribution in [3.05, 3.63) is 57.7 Å². The first-order valence-electron chi connectivity index (χ1n) is 9.24. The van der Waals surface area contributed by atoms with Crippen LogP contribution in [0.1, 0.15) is 16.1 Å². The molecule has 0 aliphatic carbocycles. The molecule has 1 aliphatic rings. The van der Waals surface area contributed by atoms with Gasteiger partial charge in [-0.15, -0.1) is 0 Å². The number of hydrogen-bond donors (Lipinski definition) is 0. The van der Waals surface area contributed by atoms with Gasteiger partial charge in [0.25, 0.3) is 5.91 Å². The highest BCUT2D eigenvalue weighted by Crippen LogP contribution is 2.40. The number of benzene rings is 2. The number of sulfone groups is 1. The summed E-state index contributed by atoms with van der Waals surface area (Å²) in [4.78, 5) is 23.0. The molecule has 32 heavy (non-hydrogen) atoms. The van der Waals surface area contributed by atoms with Crippen molar-refractivity contribution in [2.45, 2.75) is 11.7 Å². The van der Waals surface area contributed by atoms with Crippen molar-refractivity contribution in [2.75, 3.05) is 25.4 Å². The Morgan fingerprint density at radius 3 is 2.22 bits per heavy atom. The SMILES string of the molecule is COc1ccc(N2Cc3c(nc(S(C)(=O)=O)nc3-c3cc(OC)c(Cl)cc3Cl)C2=O)cc1. The van der Waals surface area contributed by atoms with Crippen LogP contribution >= 0.6 is 23.2 Å². The zero-order valence-corrected chi connectivity index (χ0v) is 19.5. The van der Waals surface area contributed by atoms with Crippen molar-refractivity contribution in [1.82, 2.24) is 9.97 Å². The molecular formula is C21H17Cl2N3O5S. The zero-order chi connectivity index (χ0) is 23.2. The van der Waals surface area contributed by atoms with Crippen molar-refractivity contribution in [3.63, 3.8) is 0 Å². The third-order valence-corrected chi connectivity index (χ3v) is 6.42. The lowest BCUT2D eigenvalue weighted by molar-refractivity contribution is 0.0991. The summed E-state index contributed by atoms with van der Waals surface area (Å²) in [5.74, 6) is 0.518. The first-order chi connectivity index (χ1) is 15.1. The molecule has 3 aromatic rings. The Labute approximate surface area is 194 Å². The van der Waals surface area contributed by atoms with E-state index in [4.69, 9.17) is 32.7 Å². The zero-order valence-electron chi connectivity index (χ0n) is 17.2. The predicted molar refractivity (Wildman–Crippen MR) is 121 cm³/mol. The molecule has 0 radical (unpaired) electrons. The number of aromatic nitrogens is 2. The maximum Gasteiger partial charge on any atom is 0.277 e. The Morgan fingerprint density at radius 2 is 1.62 bits per heavy atom. The summed E-state index contributed by atoms with van der Waals surface area (Å²) in [5, 5.41) is 0.0406. The van der Waals surface area contributed by atoms with Crippen LogP contribution in [0.4, 0.5) is 5.69 Å². The van der Waals surface area contributed by atoms with E-state index in [1.54, 1.807) is 37.4 Å². The molecule has 0 bridgehead atoms. The van der Waals surface area contributed by atoms with Crippen LogP contribution in [-0.2, 0) is 16.4 Å². The molecule has 2 heterocycles. The lowest BCUT2D eigenvalue weighted by Gasteiger charge is -2.16. The molecule has 11 heteroatoms. The van der Waals surface area contributed by atoms with E-state index in [1.807, 2.05) is 0 Å². The molecule has 1 aliphatic heterocycles. The van der Waals surface area contributed by atoms with Crippen LogP contribution < -0.4 is 14.4 Å². The van der Waals surface area contributed by atoms with Gasteiger partial charge in [0.1, 0.15) is 17.2 Å². The maximum absolute atomic E-state index is 13.2. The number of fused-ring (bicyclic) bond motifs is 1. The normalized spacial score (nSPS) is 13.3. The minimum atomic E-state index is -3.82. The first kappa shape index (κ1) is 22.3. The summed E-state index contributed by atoms with van der Waals surface area (Å²) in [7, 11) is -0.825. The molecule has 0 atom stereocenters. The molecule has 2 aromatic carbocycles. The second kappa shape index (κ2) is 8.23. The molecule has 0 saturated carbocycles. The van der Waals surface area contributed by atoms with E-state index in [9.17, 15) is 13.2 Å². The van der Waals surface area contributed by atoms with Gasteiger partial charge < -0.3 is 14.4 Å². The second-order valence-corrected chi connectivity index (χ2v) is 9.73. The van der Waals surface area contributed by atoms with E-state index in [0.717, 1.165) is 6.26 Å². The fourth-order valence-electron chi connectivity index (χ4n) is 3.37. The second-order valence-electron chi connectivity index (χ2n) is 7.01. The average Bonchev–Trinajstić information content (AvgIpc) is 3.09. The fourth-order valence-corrected chi connectivity index (χ4v) is 4.44. The summed E-state index contributed by atoms with van der Waals surface area (Å²) < 4.78 is 35.0. The molecule has 0 spiro atoms. The topological polar surface area (TPSA) is 98.7 Å². The van der Waals surface area contributed by atoms with Gasteiger partial charge in [-0.05, 0) is 36.4 Å². The van der Waals surface area contributed by atoms with Crippen LogP contribution in [0.25, 0.3) is 11.3 Å². The Kier molecular flexibility index (Phi) is 5.74. The number of ether oxygens (including phenoxy) is 2. The molecule has 166 valence electrons. The Morgan fingerprint density at radius 1 is 0.969 bits per heavy atom. The van der Waals surface area contributed by atoms with Gasteiger partial charge in [-0.1, -0.05) is 23.2 Å². The molecule has 0 unspecified atom stereocenters. The van der Waals surface area contributed by atoms with E-state index < -0.39 is 20.9 Å². The van der Waals surface area contributed by atoms with E-state index in [0.29, 0.717) is 28.3 Å². The van der Waals surface area contributed by atoms with Gasteiger partial charge in [0, 0.05) is 23.1 Å². The highest BCUT2D eigenvalue weighted by Gasteiger charge is 2.35. The monoisotopic (exact) mass is 493 g/mol. The largest absolute Gasteiger partial charge is 0.497 e. The standard InChI is InChI=1S/C21H17Cl2N3O5S/c1-30-12-6-4-11(5-7-12)26-10-14-18(13-8-17(31-2)16(23)9-15(13)22)24-21(32(3,28)29)25-19(14)20(26)27/h4-9H,10H2,1-3H3. The van der Waals surface area contributed by atoms with Gasteiger partial charge in [-0.25, -0.2) is 18.4 Å². The average molecular weight is 494 g/mol. The number of halogens is 2. The van der Waals surface area contributed by atoms with Gasteiger partial charge in [0.15, 0.2) is 0 Å². The number of amides is 1. The molecular weight excluding hydrogens is 477 g/mol. The van der Waals surface area contributed by atoms with E-state index >= 15 is 0 Å². The minimum Gasteiger partial charge on any atom is -0.497 e. The Bertz CT molecular complexity index is 1340. The third kappa shape index (κ3) is 3.87. The summed E-state index contributed by atoms with van der Waals surface area (Å²) in [5.41, 5.74) is 1.64. The van der Waals surface area contributed by atoms with Gasteiger partial charge in [0.05, 0.1) is 36.5 Å². The van der Waals surface area contributed by atoms with E-state index in [2.05, 4.69) is 9.97 Å². The quantitative estimate of drug-likeness (QED) is 0.494. The highest BCUT2D eigenvalue weighted by atomic mass is 35.5. The highest BCUT2D eigenvalue weighted by molar-refractivity contribution is 7.90. The number of carbonyl (C=O) groups excluding carboxylic acids is 1. The number of anilines is 1. The van der Waals surface area contributed by atoms with Gasteiger partial charge in [-0.2, -0.15) is 0 Å². The summed E-state index contributed by atoms with van der Waals surface area (Å²) >= 11 is 12.6. The Balaban J connectivity index is 1.92. The summed E-state index contributed by atoms with van der Waals surface area (Å²) in [6.07, 6.45) is 0.975. The minimum absolute atomic E-state index is 0.00349. The van der Waals surface area contributed by atoms with Crippen LogP contribution in [0.5, 0.6) is 11.5 Å². The van der Waals surface area contributed by atoms with Gasteiger partial charge in [0.2, 0.25) is 15.0 Å². The van der Waals surface area contributed by atoms with Crippen LogP contribution in [0.15, 0.2) is 41.6 Å². The predicted octanol–water partition coefficient (Wildman–Crippen LogP) is 4.03. The lowest BCUT2D eigenvalue weighted by Crippen LogP contribution is -2.23. The molecule has 0 N–H and O–H groups in total. The van der Waals surface area contributed by atoms with Crippen LogP contribution in [0.3, 0.4) is 0 Å². The van der Waals surface area contributed by atoms with Crippen LogP contribution in [0, 0.1) is 0 Å². The molecule has 8 nitrogen and oxygen atoms in total. The number of carbonyl (C=O) groups is 1. The number of rotatable bonds is 5. The van der Waals surface area contributed by atoms with Gasteiger partial charge in [-0.3, -0.25) is 4.79 Å². The molecule has 0 saturated heterocycles. The molecule has 1 aromatic heterocycles. The number of nitrogens with zero attached hydrogens (tertiary/aromatic N) is 3. The third-order valence-electron chi connectivity index (χ3n) is 4.96. The van der Waals surface area contributed by atoms with Crippen LogP contribution in [0.2, 0.25) is 10.0 Å². The Hall–Kier alpha value is -2.88. The first-order valence-corrected chi connectivity index (χ1v) is 11.9. The van der Waals surface area contributed by atoms with Crippen molar-refractivity contribution >= 4 is 44.6 Å². The summed E-state index contributed by atoms with van der Waals surface area (Å²) in [6, 6.07) is 9.93. The molecule has 4 rings (SSSR count). The van der Waals surface area contributed by atoms with Crippen LogP contribution in [-0.4, -0.2) is 44.8 Å². The summed E-state index contributed by atoms with van der Waals surface area (Å²) in [6.45, 7) is 0.126. The molecule has 0 fully saturated rings. The van der Waals surface area contributed by atoms with Crippen molar-refractivity contribution < 1.29 is 22.7 Å². The number of methoxy groups -OCH3 is 2. The van der Waals surface area contributed by atoms with E-state index in [-0.39, 0.29) is 28.0 Å². The van der Waals surface area contributed by atoms with Crippen molar-refractivity contribution in [1.29, 1.82) is 0 Å². The number of hydrogen-bond acceptors (Lipinski definition) is 7. The maximum atomic E-state index is 13.2. The fraction of sp³-hybridized carbons (Fsp3) is 0.190. The smallest absolute Gasteiger partial charge is 0.277 e. The lowest BCUT2D eigenvalue weighted by atomic mass is 10.1.